The van der Waals surface area contributed by atoms with Crippen LogP contribution in [0.5, 0.6) is 5.75 Å². The molecule has 2 heterocycles. The van der Waals surface area contributed by atoms with Crippen molar-refractivity contribution in [3.05, 3.63) is 72.1 Å². The lowest BCUT2D eigenvalue weighted by Crippen LogP contribution is -2.45. The van der Waals surface area contributed by atoms with Gasteiger partial charge in [0.2, 0.25) is 5.89 Å². The zero-order valence-corrected chi connectivity index (χ0v) is 15.7. The van der Waals surface area contributed by atoms with Gasteiger partial charge in [-0.1, -0.05) is 36.4 Å². The molecular weight excluding hydrogens is 338 g/mol. The third-order valence-electron chi connectivity index (χ3n) is 4.97. The highest BCUT2D eigenvalue weighted by Gasteiger charge is 2.18. The first-order chi connectivity index (χ1) is 13.3. The van der Waals surface area contributed by atoms with E-state index in [9.17, 15) is 0 Å². The SMILES string of the molecule is COc1cccc(-c2nc(CN3CCN(Cc4ccccc4)CC3)co2)c1. The van der Waals surface area contributed by atoms with Crippen LogP contribution in [0.25, 0.3) is 11.5 Å². The van der Waals surface area contributed by atoms with Gasteiger partial charge in [-0.15, -0.1) is 0 Å². The van der Waals surface area contributed by atoms with E-state index in [0.29, 0.717) is 5.89 Å². The molecule has 2 aromatic carbocycles. The summed E-state index contributed by atoms with van der Waals surface area (Å²) in [6, 6.07) is 18.5. The molecule has 3 aromatic rings. The molecule has 1 aromatic heterocycles. The normalized spacial score (nSPS) is 15.7. The minimum atomic E-state index is 0.645. The van der Waals surface area contributed by atoms with Crippen LogP contribution in [-0.2, 0) is 13.1 Å². The average Bonchev–Trinajstić information content (AvgIpc) is 3.19. The highest BCUT2D eigenvalue weighted by molar-refractivity contribution is 5.55. The maximum atomic E-state index is 5.69. The molecular formula is C22H25N3O2. The maximum Gasteiger partial charge on any atom is 0.226 e. The Morgan fingerprint density at radius 2 is 1.67 bits per heavy atom. The molecule has 1 saturated heterocycles. The summed E-state index contributed by atoms with van der Waals surface area (Å²) in [5.74, 6) is 1.45. The molecule has 0 N–H and O–H groups in total. The number of hydrogen-bond acceptors (Lipinski definition) is 5. The van der Waals surface area contributed by atoms with Gasteiger partial charge >= 0.3 is 0 Å². The van der Waals surface area contributed by atoms with E-state index in [0.717, 1.165) is 56.3 Å². The van der Waals surface area contributed by atoms with Crippen LogP contribution in [0.15, 0.2) is 65.3 Å². The van der Waals surface area contributed by atoms with Gasteiger partial charge in [0, 0.05) is 44.8 Å². The Kier molecular flexibility index (Phi) is 5.51. The maximum absolute atomic E-state index is 5.69. The molecule has 1 aliphatic rings. The van der Waals surface area contributed by atoms with Crippen LogP contribution >= 0.6 is 0 Å². The largest absolute Gasteiger partial charge is 0.497 e. The van der Waals surface area contributed by atoms with Crippen LogP contribution in [-0.4, -0.2) is 48.1 Å². The second kappa shape index (κ2) is 8.37. The smallest absolute Gasteiger partial charge is 0.226 e. The number of benzene rings is 2. The third-order valence-corrected chi connectivity index (χ3v) is 4.97. The van der Waals surface area contributed by atoms with Crippen molar-refractivity contribution in [1.29, 1.82) is 0 Å². The molecule has 0 aliphatic carbocycles. The van der Waals surface area contributed by atoms with E-state index in [1.54, 1.807) is 13.4 Å². The molecule has 27 heavy (non-hydrogen) atoms. The summed E-state index contributed by atoms with van der Waals surface area (Å²) in [5.41, 5.74) is 3.29. The van der Waals surface area contributed by atoms with Crippen LogP contribution in [0, 0.1) is 0 Å². The second-order valence-electron chi connectivity index (χ2n) is 6.91. The number of aromatic nitrogens is 1. The molecule has 0 unspecified atom stereocenters. The predicted molar refractivity (Wildman–Crippen MR) is 105 cm³/mol. The zero-order chi connectivity index (χ0) is 18.5. The van der Waals surface area contributed by atoms with Gasteiger partial charge in [0.1, 0.15) is 12.0 Å². The molecule has 0 amide bonds. The minimum Gasteiger partial charge on any atom is -0.497 e. The van der Waals surface area contributed by atoms with E-state index in [1.165, 1.54) is 5.56 Å². The molecule has 5 nitrogen and oxygen atoms in total. The van der Waals surface area contributed by atoms with Gasteiger partial charge in [-0.05, 0) is 23.8 Å². The number of hydrogen-bond donors (Lipinski definition) is 0. The van der Waals surface area contributed by atoms with Crippen LogP contribution in [0.4, 0.5) is 0 Å². The first-order valence-electron chi connectivity index (χ1n) is 9.37. The Labute approximate surface area is 160 Å². The van der Waals surface area contributed by atoms with E-state index >= 15 is 0 Å². The Morgan fingerprint density at radius 3 is 2.41 bits per heavy atom. The molecule has 5 heteroatoms. The summed E-state index contributed by atoms with van der Waals surface area (Å²) < 4.78 is 11.0. The number of piperazine rings is 1. The van der Waals surface area contributed by atoms with E-state index in [4.69, 9.17) is 9.15 Å². The number of ether oxygens (including phenoxy) is 1. The predicted octanol–water partition coefficient (Wildman–Crippen LogP) is 3.67. The first-order valence-corrected chi connectivity index (χ1v) is 9.37. The van der Waals surface area contributed by atoms with Gasteiger partial charge in [-0.25, -0.2) is 4.98 Å². The average molecular weight is 363 g/mol. The van der Waals surface area contributed by atoms with Gasteiger partial charge in [0.25, 0.3) is 0 Å². The zero-order valence-electron chi connectivity index (χ0n) is 15.7. The van der Waals surface area contributed by atoms with Gasteiger partial charge < -0.3 is 9.15 Å². The van der Waals surface area contributed by atoms with E-state index in [-0.39, 0.29) is 0 Å². The number of nitrogens with zero attached hydrogens (tertiary/aromatic N) is 3. The Bertz CT molecular complexity index is 855. The minimum absolute atomic E-state index is 0.645. The highest BCUT2D eigenvalue weighted by atomic mass is 16.5. The van der Waals surface area contributed by atoms with Gasteiger partial charge in [-0.3, -0.25) is 9.80 Å². The summed E-state index contributed by atoms with van der Waals surface area (Å²) in [7, 11) is 1.66. The summed E-state index contributed by atoms with van der Waals surface area (Å²) in [6.07, 6.45) is 1.77. The van der Waals surface area contributed by atoms with Gasteiger partial charge in [0.15, 0.2) is 0 Å². The number of rotatable bonds is 6. The van der Waals surface area contributed by atoms with Crippen LogP contribution < -0.4 is 4.74 Å². The van der Waals surface area contributed by atoms with E-state index in [1.807, 2.05) is 24.3 Å². The molecule has 0 radical (unpaired) electrons. The molecule has 0 atom stereocenters. The fourth-order valence-corrected chi connectivity index (χ4v) is 3.44. The summed E-state index contributed by atoms with van der Waals surface area (Å²) in [4.78, 5) is 9.61. The number of methoxy groups -OCH3 is 1. The fourth-order valence-electron chi connectivity index (χ4n) is 3.44. The first kappa shape index (κ1) is 17.8. The monoisotopic (exact) mass is 363 g/mol. The van der Waals surface area contributed by atoms with Crippen molar-refractivity contribution in [2.75, 3.05) is 33.3 Å². The Morgan fingerprint density at radius 1 is 0.926 bits per heavy atom. The second-order valence-corrected chi connectivity index (χ2v) is 6.91. The molecule has 1 aliphatic heterocycles. The van der Waals surface area contributed by atoms with E-state index < -0.39 is 0 Å². The molecule has 0 bridgehead atoms. The van der Waals surface area contributed by atoms with Crippen LogP contribution in [0.3, 0.4) is 0 Å². The van der Waals surface area contributed by atoms with Crippen molar-refractivity contribution in [3.8, 4) is 17.2 Å². The quantitative estimate of drug-likeness (QED) is 0.668. The van der Waals surface area contributed by atoms with Crippen LogP contribution in [0.2, 0.25) is 0 Å². The lowest BCUT2D eigenvalue weighted by Gasteiger charge is -2.34. The van der Waals surface area contributed by atoms with Crippen LogP contribution in [0.1, 0.15) is 11.3 Å². The van der Waals surface area contributed by atoms with Crippen molar-refractivity contribution in [3.63, 3.8) is 0 Å². The van der Waals surface area contributed by atoms with Crippen molar-refractivity contribution < 1.29 is 9.15 Å². The van der Waals surface area contributed by atoms with Gasteiger partial charge in [0.05, 0.1) is 12.8 Å². The summed E-state index contributed by atoms with van der Waals surface area (Å²) in [5, 5.41) is 0. The molecule has 0 saturated carbocycles. The highest BCUT2D eigenvalue weighted by Crippen LogP contribution is 2.23. The molecule has 140 valence electrons. The molecule has 0 spiro atoms. The van der Waals surface area contributed by atoms with Crippen molar-refractivity contribution in [2.24, 2.45) is 0 Å². The number of oxazole rings is 1. The standard InChI is InChI=1S/C22H25N3O2/c1-26-21-9-5-8-19(14-21)22-23-20(17-27-22)16-25-12-10-24(11-13-25)15-18-6-3-2-4-7-18/h2-9,14,17H,10-13,15-16H2,1H3. The summed E-state index contributed by atoms with van der Waals surface area (Å²) in [6.45, 7) is 6.11. The Balaban J connectivity index is 1.31. The Hall–Kier alpha value is -2.63. The fraction of sp³-hybridized carbons (Fsp3) is 0.318. The topological polar surface area (TPSA) is 41.7 Å². The third kappa shape index (κ3) is 4.56. The van der Waals surface area contributed by atoms with E-state index in [2.05, 4.69) is 45.1 Å². The molecule has 1 fully saturated rings. The summed E-state index contributed by atoms with van der Waals surface area (Å²) >= 11 is 0. The van der Waals surface area contributed by atoms with Crippen molar-refractivity contribution in [2.45, 2.75) is 13.1 Å². The van der Waals surface area contributed by atoms with Crippen molar-refractivity contribution >= 4 is 0 Å². The molecule has 4 rings (SSSR count). The van der Waals surface area contributed by atoms with Crippen molar-refractivity contribution in [1.82, 2.24) is 14.8 Å². The van der Waals surface area contributed by atoms with Gasteiger partial charge in [-0.2, -0.15) is 0 Å². The lowest BCUT2D eigenvalue weighted by molar-refractivity contribution is 0.121. The lowest BCUT2D eigenvalue weighted by atomic mass is 10.2.